The van der Waals surface area contributed by atoms with Gasteiger partial charge in [0.05, 0.1) is 41.3 Å². The molecular formula is C48H32N2. The van der Waals surface area contributed by atoms with Crippen molar-refractivity contribution >= 4 is 43.6 Å². The van der Waals surface area contributed by atoms with Gasteiger partial charge >= 0.3 is 0 Å². The maximum Gasteiger partial charge on any atom is 0.0645 e. The highest BCUT2D eigenvalue weighted by Gasteiger charge is 2.16. The Kier molecular flexibility index (Phi) is 4.07. The van der Waals surface area contributed by atoms with Gasteiger partial charge in [-0.3, -0.25) is 0 Å². The molecule has 0 N–H and O–H groups in total. The summed E-state index contributed by atoms with van der Waals surface area (Å²) >= 11 is 0. The second-order valence-corrected chi connectivity index (χ2v) is 11.9. The Balaban J connectivity index is 1.34. The normalized spacial score (nSPS) is 15.5. The number of hydrogen-bond acceptors (Lipinski definition) is 0. The van der Waals surface area contributed by atoms with Crippen LogP contribution < -0.4 is 0 Å². The molecule has 2 aromatic heterocycles. The van der Waals surface area contributed by atoms with Gasteiger partial charge in [0.1, 0.15) is 0 Å². The van der Waals surface area contributed by atoms with E-state index in [0.717, 1.165) is 22.3 Å². The van der Waals surface area contributed by atoms with Crippen LogP contribution in [0.2, 0.25) is 0 Å². The van der Waals surface area contributed by atoms with Crippen molar-refractivity contribution in [3.63, 3.8) is 0 Å². The number of benzene rings is 8. The van der Waals surface area contributed by atoms with Crippen molar-refractivity contribution in [2.24, 2.45) is 0 Å². The van der Waals surface area contributed by atoms with Gasteiger partial charge in [-0.15, -0.1) is 0 Å². The number of aromatic nitrogens is 2. The topological polar surface area (TPSA) is 9.86 Å². The molecule has 0 saturated carbocycles. The minimum absolute atomic E-state index is 0.0459. The summed E-state index contributed by atoms with van der Waals surface area (Å²) in [5.41, 5.74) is 2.94. The van der Waals surface area contributed by atoms with Gasteiger partial charge in [-0.1, -0.05) is 133 Å². The van der Waals surface area contributed by atoms with E-state index in [9.17, 15) is 8.22 Å². The number of rotatable bonds is 5. The number of hydrogen-bond donors (Lipinski definition) is 0. The molecule has 2 heterocycles. The zero-order valence-electron chi connectivity index (χ0n) is 40.3. The predicted molar refractivity (Wildman–Crippen MR) is 211 cm³/mol. The summed E-state index contributed by atoms with van der Waals surface area (Å²) in [7, 11) is 0. The molecule has 0 aliphatic carbocycles. The van der Waals surface area contributed by atoms with Crippen LogP contribution in [0.25, 0.3) is 88.4 Å². The Bertz CT molecular complexity index is 3410. The zero-order chi connectivity index (χ0) is 45.2. The van der Waals surface area contributed by atoms with Crippen molar-refractivity contribution in [1.82, 2.24) is 9.13 Å². The van der Waals surface area contributed by atoms with Gasteiger partial charge in [0, 0.05) is 32.9 Å². The monoisotopic (exact) mass is 650 g/mol. The first-order chi connectivity index (χ1) is 30.6. The molecule has 0 fully saturated rings. The maximum atomic E-state index is 9.83. The molecule has 0 spiro atoms. The van der Waals surface area contributed by atoms with Gasteiger partial charge in [-0.25, -0.2) is 0 Å². The van der Waals surface area contributed by atoms with Crippen LogP contribution in [0.1, 0.15) is 19.2 Å². The van der Waals surface area contributed by atoms with E-state index in [1.807, 2.05) is 72.8 Å². The third kappa shape index (κ3) is 4.57. The summed E-state index contributed by atoms with van der Waals surface area (Å²) in [5.74, 6) is 0. The maximum absolute atomic E-state index is 9.83. The first-order valence-corrected chi connectivity index (χ1v) is 16.1. The van der Waals surface area contributed by atoms with Crippen molar-refractivity contribution in [2.75, 3.05) is 0 Å². The highest BCUT2D eigenvalue weighted by atomic mass is 15.0. The average molecular weight is 651 g/mol. The summed E-state index contributed by atoms with van der Waals surface area (Å²) in [4.78, 5) is 0. The molecule has 0 amide bonds. The van der Waals surface area contributed by atoms with Crippen LogP contribution in [0.15, 0.2) is 194 Å². The molecule has 0 atom stereocenters. The standard InChI is InChI=1S/C48H32N2/c1-3-13-33(14-4-1)35-17-11-19-39(29-35)49-45-23-9-7-21-41(45)43-31-37(25-27-47(43)49)38-26-28-48-44(32-38)42-22-8-10-24-46(42)50(48)40-20-12-18-36(30-40)34-15-5-2-6-16-34/h1-32H/i7D,8D,9D,10D,21D,22D,23D,24D,25D,26D,27D,28D,31D,32D. The second-order valence-electron chi connectivity index (χ2n) is 11.9. The van der Waals surface area contributed by atoms with E-state index in [0.29, 0.717) is 11.4 Å². The minimum atomic E-state index is -0.613. The number of para-hydroxylation sites is 2. The molecular weight excluding hydrogens is 605 g/mol. The molecule has 0 bridgehead atoms. The number of fused-ring (bicyclic) bond motifs is 6. The van der Waals surface area contributed by atoms with Gasteiger partial charge < -0.3 is 9.13 Å². The smallest absolute Gasteiger partial charge is 0.0645 e. The predicted octanol–water partition coefficient (Wildman–Crippen LogP) is 12.9. The highest BCUT2D eigenvalue weighted by Crippen LogP contribution is 2.39. The van der Waals surface area contributed by atoms with Crippen LogP contribution in [0.3, 0.4) is 0 Å². The van der Waals surface area contributed by atoms with Gasteiger partial charge in [-0.2, -0.15) is 0 Å². The zero-order valence-corrected chi connectivity index (χ0v) is 26.3. The lowest BCUT2D eigenvalue weighted by Crippen LogP contribution is -1.94. The first-order valence-electron chi connectivity index (χ1n) is 23.1. The highest BCUT2D eigenvalue weighted by molar-refractivity contribution is 6.12. The van der Waals surface area contributed by atoms with Crippen molar-refractivity contribution in [1.29, 1.82) is 0 Å². The van der Waals surface area contributed by atoms with Crippen molar-refractivity contribution in [2.45, 2.75) is 0 Å². The SMILES string of the molecule is [2H]c1c([2H])c([2H])c2c(c1[2H])c1c([2H])c(-c3c([2H])c([2H])c4c(c3[2H])c3c([2H])c([2H])c([2H])c([2H])c3n4-c3cccc(-c4ccccc4)c3)c([2H])c([2H])c1n2-c1cccc(-c2ccccc2)c1. The Morgan fingerprint density at radius 1 is 0.320 bits per heavy atom. The van der Waals surface area contributed by atoms with E-state index in [4.69, 9.17) is 11.0 Å². The van der Waals surface area contributed by atoms with E-state index in [-0.39, 0.29) is 43.6 Å². The lowest BCUT2D eigenvalue weighted by atomic mass is 10.0. The van der Waals surface area contributed by atoms with Crippen molar-refractivity contribution in [3.8, 4) is 44.8 Å². The third-order valence-electron chi connectivity index (χ3n) is 8.99. The van der Waals surface area contributed by atoms with Crippen LogP contribution >= 0.6 is 0 Å². The van der Waals surface area contributed by atoms with Crippen LogP contribution in [0.5, 0.6) is 0 Å². The fourth-order valence-corrected chi connectivity index (χ4v) is 6.71. The molecule has 10 rings (SSSR count). The molecule has 0 unspecified atom stereocenters. The van der Waals surface area contributed by atoms with E-state index >= 15 is 0 Å². The molecule has 2 nitrogen and oxygen atoms in total. The fraction of sp³-hybridized carbons (Fsp3) is 0. The molecule has 10 aromatic rings. The molecule has 0 aliphatic rings. The summed E-state index contributed by atoms with van der Waals surface area (Å²) in [6.07, 6.45) is 0. The lowest BCUT2D eigenvalue weighted by Gasteiger charge is -2.11. The molecule has 0 radical (unpaired) electrons. The van der Waals surface area contributed by atoms with E-state index in [1.165, 1.54) is 9.13 Å². The molecule has 2 heteroatoms. The third-order valence-corrected chi connectivity index (χ3v) is 8.99. The van der Waals surface area contributed by atoms with Crippen molar-refractivity contribution < 1.29 is 19.2 Å². The first kappa shape index (κ1) is 17.7. The second kappa shape index (κ2) is 11.5. The summed E-state index contributed by atoms with van der Waals surface area (Å²) in [6.45, 7) is 0. The summed E-state index contributed by atoms with van der Waals surface area (Å²) < 4.78 is 132. The molecule has 234 valence electrons. The van der Waals surface area contributed by atoms with E-state index in [2.05, 4.69) is 0 Å². The summed E-state index contributed by atoms with van der Waals surface area (Å²) in [6, 6.07) is 25.6. The van der Waals surface area contributed by atoms with E-state index < -0.39 is 95.7 Å². The van der Waals surface area contributed by atoms with Gasteiger partial charge in [0.2, 0.25) is 0 Å². The Hall–Kier alpha value is -6.64. The largest absolute Gasteiger partial charge is 0.309 e. The summed E-state index contributed by atoms with van der Waals surface area (Å²) in [5, 5.41) is -0.480. The van der Waals surface area contributed by atoms with Gasteiger partial charge in [0.15, 0.2) is 0 Å². The minimum Gasteiger partial charge on any atom is -0.309 e. The molecule has 8 aromatic carbocycles. The molecule has 50 heavy (non-hydrogen) atoms. The van der Waals surface area contributed by atoms with Gasteiger partial charge in [0.25, 0.3) is 0 Å². The average Bonchev–Trinajstić information content (AvgIpc) is 3.88. The number of nitrogens with zero attached hydrogens (tertiary/aromatic N) is 2. The quantitative estimate of drug-likeness (QED) is 0.175. The lowest BCUT2D eigenvalue weighted by molar-refractivity contribution is 1.18. The Morgan fingerprint density at radius 2 is 0.720 bits per heavy atom. The van der Waals surface area contributed by atoms with Crippen LogP contribution in [0.4, 0.5) is 0 Å². The van der Waals surface area contributed by atoms with Crippen LogP contribution in [-0.2, 0) is 0 Å². The van der Waals surface area contributed by atoms with Crippen LogP contribution in [-0.4, -0.2) is 9.13 Å². The van der Waals surface area contributed by atoms with E-state index in [1.54, 1.807) is 36.4 Å². The van der Waals surface area contributed by atoms with Gasteiger partial charge in [-0.05, 0) is 93.9 Å². The Morgan fingerprint density at radius 3 is 1.18 bits per heavy atom. The van der Waals surface area contributed by atoms with Crippen molar-refractivity contribution in [3.05, 3.63) is 194 Å². The fourth-order valence-electron chi connectivity index (χ4n) is 6.71. The molecule has 0 saturated heterocycles. The molecule has 0 aliphatic heterocycles. The van der Waals surface area contributed by atoms with Crippen LogP contribution in [0, 0.1) is 0 Å². The Labute approximate surface area is 310 Å².